The van der Waals surface area contributed by atoms with Gasteiger partial charge in [0.1, 0.15) is 35.8 Å². The maximum Gasteiger partial charge on any atom is 0.410 e. The van der Waals surface area contributed by atoms with Crippen molar-refractivity contribution in [2.45, 2.75) is 127 Å². The second-order valence-electron chi connectivity index (χ2n) is 18.1. The molecule has 60 heavy (non-hydrogen) atoms. The van der Waals surface area contributed by atoms with Crippen molar-refractivity contribution in [2.75, 3.05) is 31.9 Å². The van der Waals surface area contributed by atoms with E-state index in [0.717, 1.165) is 34.2 Å². The Labute approximate surface area is 359 Å². The Bertz CT molecular complexity index is 2370. The minimum absolute atomic E-state index is 0.0113. The Morgan fingerprint density at radius 2 is 1.65 bits per heavy atom. The second kappa shape index (κ2) is 17.8. The largest absolute Gasteiger partial charge is 0.468 e. The van der Waals surface area contributed by atoms with Crippen LogP contribution in [0.1, 0.15) is 91.8 Å². The van der Waals surface area contributed by atoms with Gasteiger partial charge in [0.15, 0.2) is 12.4 Å². The van der Waals surface area contributed by atoms with E-state index in [0.29, 0.717) is 70.4 Å². The fourth-order valence-electron chi connectivity index (χ4n) is 9.41. The van der Waals surface area contributed by atoms with Gasteiger partial charge in [-0.25, -0.2) is 19.2 Å². The molecule has 0 N–H and O–H groups in total. The molecule has 2 atom stereocenters. The molecular formula is C47H59FN6O4SSi. The molecule has 4 heterocycles. The third-order valence-electron chi connectivity index (χ3n) is 12.1. The molecule has 2 saturated heterocycles. The average molecular weight is 851 g/mol. The summed E-state index contributed by atoms with van der Waals surface area (Å²) in [6.07, 6.45) is 3.31. The second-order valence-corrected chi connectivity index (χ2v) is 24.7. The van der Waals surface area contributed by atoms with E-state index in [1.165, 1.54) is 11.6 Å². The van der Waals surface area contributed by atoms with Crippen molar-refractivity contribution in [1.29, 1.82) is 0 Å². The topological polar surface area (TPSA) is 94.8 Å². The van der Waals surface area contributed by atoms with E-state index in [1.807, 2.05) is 60.6 Å². The number of thioether (sulfide) groups is 1. The van der Waals surface area contributed by atoms with Crippen LogP contribution in [0.2, 0.25) is 16.6 Å². The summed E-state index contributed by atoms with van der Waals surface area (Å²) >= 11 is 1.63. The molecule has 3 aromatic carbocycles. The SMILES string of the molecule is COCOc1cc(Cn2cnc3c(SCc4ccccc4)nc(N4C[C@H]5CC[C@@H](C4)N5C(=O)OC(C)(C)C)nc32)c2c(C#C[Si](C(C)C)(C(C)C)C(C)C)c(F)ccc2c1. The summed E-state index contributed by atoms with van der Waals surface area (Å²) in [4.78, 5) is 32.8. The highest BCUT2D eigenvalue weighted by atomic mass is 32.2. The van der Waals surface area contributed by atoms with Crippen LogP contribution in [0, 0.1) is 17.3 Å². The number of methoxy groups -OCH3 is 1. The van der Waals surface area contributed by atoms with Crippen LogP contribution in [-0.2, 0) is 21.8 Å². The number of aromatic nitrogens is 4. The number of carbonyl (C=O) groups is 1. The predicted molar refractivity (Wildman–Crippen MR) is 242 cm³/mol. The summed E-state index contributed by atoms with van der Waals surface area (Å²) in [7, 11) is -0.604. The molecule has 1 amide bonds. The van der Waals surface area contributed by atoms with Crippen LogP contribution in [0.25, 0.3) is 21.9 Å². The number of nitrogens with zero attached hydrogens (tertiary/aromatic N) is 6. The lowest BCUT2D eigenvalue weighted by atomic mass is 9.98. The van der Waals surface area contributed by atoms with Gasteiger partial charge in [-0.2, -0.15) is 4.98 Å². The van der Waals surface area contributed by atoms with Crippen LogP contribution < -0.4 is 9.64 Å². The number of imidazole rings is 1. The van der Waals surface area contributed by atoms with Gasteiger partial charge in [0.25, 0.3) is 0 Å². The molecule has 0 unspecified atom stereocenters. The quantitative estimate of drug-likeness (QED) is 0.0400. The number of ether oxygens (including phenoxy) is 3. The highest BCUT2D eigenvalue weighted by molar-refractivity contribution is 7.98. The summed E-state index contributed by atoms with van der Waals surface area (Å²) in [5, 5.41) is 2.35. The van der Waals surface area contributed by atoms with Crippen LogP contribution in [0.4, 0.5) is 15.1 Å². The first-order valence-corrected chi connectivity index (χ1v) is 24.4. The van der Waals surface area contributed by atoms with Gasteiger partial charge < -0.3 is 23.7 Å². The molecule has 7 rings (SSSR count). The highest BCUT2D eigenvalue weighted by Crippen LogP contribution is 2.42. The Morgan fingerprint density at radius 1 is 0.967 bits per heavy atom. The minimum Gasteiger partial charge on any atom is -0.468 e. The number of carbonyl (C=O) groups excluding carboxylic acids is 1. The first kappa shape index (κ1) is 43.4. The fourth-order valence-corrected chi connectivity index (χ4v) is 15.5. The van der Waals surface area contributed by atoms with E-state index in [9.17, 15) is 4.79 Å². The van der Waals surface area contributed by atoms with Gasteiger partial charge in [-0.15, -0.1) is 5.54 Å². The lowest BCUT2D eigenvalue weighted by molar-refractivity contribution is 0.0122. The van der Waals surface area contributed by atoms with Crippen LogP contribution in [0.5, 0.6) is 5.75 Å². The normalized spacial score (nSPS) is 17.0. The number of anilines is 1. The number of halogens is 1. The van der Waals surface area contributed by atoms with Crippen LogP contribution in [0.3, 0.4) is 0 Å². The number of benzene rings is 3. The third kappa shape index (κ3) is 8.88. The number of fused-ring (bicyclic) bond motifs is 4. The number of hydrogen-bond donors (Lipinski definition) is 0. The molecule has 2 aliphatic rings. The summed E-state index contributed by atoms with van der Waals surface area (Å²) in [6.45, 7) is 20.9. The van der Waals surface area contributed by atoms with E-state index in [1.54, 1.807) is 31.3 Å². The molecule has 2 aliphatic heterocycles. The number of amides is 1. The molecule has 0 spiro atoms. The average Bonchev–Trinajstić information content (AvgIpc) is 3.72. The van der Waals surface area contributed by atoms with E-state index in [2.05, 4.69) is 70.0 Å². The van der Waals surface area contributed by atoms with Crippen molar-refractivity contribution in [3.8, 4) is 17.2 Å². The molecule has 318 valence electrons. The molecule has 2 bridgehead atoms. The predicted octanol–water partition coefficient (Wildman–Crippen LogP) is 10.6. The lowest BCUT2D eigenvalue weighted by Gasteiger charge is -2.41. The van der Waals surface area contributed by atoms with E-state index in [4.69, 9.17) is 29.2 Å². The maximum absolute atomic E-state index is 16.3. The first-order valence-electron chi connectivity index (χ1n) is 21.2. The minimum atomic E-state index is -2.19. The van der Waals surface area contributed by atoms with Crippen LogP contribution in [0.15, 0.2) is 66.0 Å². The van der Waals surface area contributed by atoms with E-state index in [-0.39, 0.29) is 30.8 Å². The van der Waals surface area contributed by atoms with Gasteiger partial charge in [-0.3, -0.25) is 4.90 Å². The van der Waals surface area contributed by atoms with Crippen molar-refractivity contribution in [3.05, 3.63) is 83.4 Å². The van der Waals surface area contributed by atoms with Crippen molar-refractivity contribution >= 4 is 53.8 Å². The Morgan fingerprint density at radius 3 is 2.28 bits per heavy atom. The number of rotatable bonds is 12. The number of hydrogen-bond acceptors (Lipinski definition) is 9. The van der Waals surface area contributed by atoms with Gasteiger partial charge in [-0.05, 0) is 84.9 Å². The molecule has 0 aliphatic carbocycles. The van der Waals surface area contributed by atoms with Crippen molar-refractivity contribution in [3.63, 3.8) is 0 Å². The van der Waals surface area contributed by atoms with Crippen LogP contribution >= 0.6 is 11.8 Å². The fraction of sp³-hybridized carbons (Fsp3) is 0.489. The van der Waals surface area contributed by atoms with Gasteiger partial charge in [0.05, 0.1) is 30.5 Å². The molecule has 13 heteroatoms. The zero-order valence-corrected chi connectivity index (χ0v) is 38.5. The number of piperazine rings is 1. The zero-order valence-electron chi connectivity index (χ0n) is 36.7. The van der Waals surface area contributed by atoms with Crippen molar-refractivity contribution in [1.82, 2.24) is 24.4 Å². The highest BCUT2D eigenvalue weighted by Gasteiger charge is 2.45. The monoisotopic (exact) mass is 850 g/mol. The van der Waals surface area contributed by atoms with Crippen molar-refractivity contribution < 1.29 is 23.4 Å². The molecule has 0 saturated carbocycles. The molecular weight excluding hydrogens is 792 g/mol. The van der Waals surface area contributed by atoms with Crippen molar-refractivity contribution in [2.24, 2.45) is 0 Å². The van der Waals surface area contributed by atoms with E-state index >= 15 is 4.39 Å². The van der Waals surface area contributed by atoms with Crippen LogP contribution in [-0.4, -0.2) is 83.3 Å². The Balaban J connectivity index is 1.33. The van der Waals surface area contributed by atoms with Gasteiger partial charge in [-0.1, -0.05) is 95.6 Å². The van der Waals surface area contributed by atoms with E-state index < -0.39 is 13.7 Å². The summed E-state index contributed by atoms with van der Waals surface area (Å²) in [6, 6.07) is 17.5. The summed E-state index contributed by atoms with van der Waals surface area (Å²) in [5.74, 6) is 5.03. The molecule has 5 aromatic rings. The summed E-state index contributed by atoms with van der Waals surface area (Å²) < 4.78 is 35.4. The zero-order chi connectivity index (χ0) is 42.9. The maximum atomic E-state index is 16.3. The van der Waals surface area contributed by atoms with Gasteiger partial charge in [0, 0.05) is 31.3 Å². The standard InChI is InChI=1S/C47H59FN6O4SSi/c1-30(2)60(31(3)4,32(5)6)21-20-39-40(48)19-16-34-22-38(57-29-56-10)23-35(41(34)39)24-53-28-49-42-43(53)50-45(51-44(42)59-27-33-14-12-11-13-15-33)52-25-36-17-18-37(26-52)54(36)46(55)58-47(7,8)9/h11-16,19,22-23,28,30-32,36-37H,17-18,24-27,29H2,1-10H3/t36-,37+. The van der Waals surface area contributed by atoms with Gasteiger partial charge in [0.2, 0.25) is 5.95 Å². The molecule has 10 nitrogen and oxygen atoms in total. The third-order valence-corrected chi connectivity index (χ3v) is 19.4. The lowest BCUT2D eigenvalue weighted by Crippen LogP contribution is -2.57. The first-order chi connectivity index (χ1) is 28.6. The smallest absolute Gasteiger partial charge is 0.410 e. The molecule has 2 aromatic heterocycles. The molecule has 0 radical (unpaired) electrons. The Hall–Kier alpha value is -4.64. The summed E-state index contributed by atoms with van der Waals surface area (Å²) in [5.41, 5.74) is 8.15. The molecule has 2 fully saturated rings. The Kier molecular flexibility index (Phi) is 12.9. The van der Waals surface area contributed by atoms with Gasteiger partial charge >= 0.3 is 6.09 Å².